The van der Waals surface area contributed by atoms with Gasteiger partial charge in [-0.2, -0.15) is 0 Å². The fourth-order valence-corrected chi connectivity index (χ4v) is 6.09. The first-order valence-electron chi connectivity index (χ1n) is 10.1. The van der Waals surface area contributed by atoms with E-state index in [-0.39, 0.29) is 5.75 Å². The van der Waals surface area contributed by atoms with Gasteiger partial charge in [0.15, 0.2) is 0 Å². The minimum absolute atomic E-state index is 0.134. The van der Waals surface area contributed by atoms with Crippen molar-refractivity contribution in [1.29, 1.82) is 0 Å². The number of hydrogen-bond donors (Lipinski definition) is 0. The normalized spacial score (nSPS) is 24.0. The number of rotatable bonds is 5. The molecule has 0 unspecified atom stereocenters. The molecule has 146 valence electrons. The molecular weight excluding hydrogens is 344 g/mol. The summed E-state index contributed by atoms with van der Waals surface area (Å²) in [5, 5.41) is 0. The minimum atomic E-state index is -3.22. The number of benzene rings is 1. The van der Waals surface area contributed by atoms with Crippen molar-refractivity contribution in [2.45, 2.75) is 52.2 Å². The molecule has 0 N–H and O–H groups in total. The SMILES string of the molecule is Cc1ccc(C)c(CS(=O)(=O)N2CCC(CN3CCC[C@@H](C)C3)CC2)c1. The Morgan fingerprint density at radius 1 is 1.08 bits per heavy atom. The van der Waals surface area contributed by atoms with Gasteiger partial charge in [-0.25, -0.2) is 12.7 Å². The zero-order chi connectivity index (χ0) is 18.7. The van der Waals surface area contributed by atoms with Crippen LogP contribution in [-0.2, 0) is 15.8 Å². The Morgan fingerprint density at radius 3 is 2.50 bits per heavy atom. The van der Waals surface area contributed by atoms with Crippen molar-refractivity contribution in [2.75, 3.05) is 32.7 Å². The van der Waals surface area contributed by atoms with Gasteiger partial charge < -0.3 is 4.90 Å². The fraction of sp³-hybridized carbons (Fsp3) is 0.714. The molecule has 0 saturated carbocycles. The van der Waals surface area contributed by atoms with Crippen LogP contribution >= 0.6 is 0 Å². The summed E-state index contributed by atoms with van der Waals surface area (Å²) in [7, 11) is -3.22. The van der Waals surface area contributed by atoms with Crippen LogP contribution in [0.5, 0.6) is 0 Å². The van der Waals surface area contributed by atoms with Crippen molar-refractivity contribution in [3.8, 4) is 0 Å². The molecule has 2 aliphatic rings. The molecule has 26 heavy (non-hydrogen) atoms. The maximum Gasteiger partial charge on any atom is 0.218 e. The highest BCUT2D eigenvalue weighted by atomic mass is 32.2. The summed E-state index contributed by atoms with van der Waals surface area (Å²) in [5.74, 6) is 1.59. The highest BCUT2D eigenvalue weighted by Gasteiger charge is 2.30. The summed E-state index contributed by atoms with van der Waals surface area (Å²) in [4.78, 5) is 2.60. The quantitative estimate of drug-likeness (QED) is 0.786. The predicted octanol–water partition coefficient (Wildman–Crippen LogP) is 3.58. The molecule has 0 aromatic heterocycles. The van der Waals surface area contributed by atoms with E-state index in [4.69, 9.17) is 0 Å². The third kappa shape index (κ3) is 5.08. The van der Waals surface area contributed by atoms with Gasteiger partial charge in [-0.1, -0.05) is 30.7 Å². The summed E-state index contributed by atoms with van der Waals surface area (Å²) in [6.07, 6.45) is 4.66. The van der Waals surface area contributed by atoms with Crippen LogP contribution in [0, 0.1) is 25.7 Å². The Morgan fingerprint density at radius 2 is 1.81 bits per heavy atom. The first kappa shape index (κ1) is 19.8. The van der Waals surface area contributed by atoms with Crippen molar-refractivity contribution in [3.05, 3.63) is 34.9 Å². The van der Waals surface area contributed by atoms with E-state index < -0.39 is 10.0 Å². The van der Waals surface area contributed by atoms with Crippen LogP contribution in [0.3, 0.4) is 0 Å². The average molecular weight is 379 g/mol. The summed E-state index contributed by atoms with van der Waals surface area (Å²) in [5.41, 5.74) is 3.12. The molecule has 2 saturated heterocycles. The molecule has 0 aliphatic carbocycles. The van der Waals surface area contributed by atoms with Gasteiger partial charge in [-0.3, -0.25) is 0 Å². The van der Waals surface area contributed by atoms with Gasteiger partial charge in [-0.05, 0) is 69.0 Å². The molecule has 1 aromatic rings. The molecule has 2 heterocycles. The third-order valence-corrected chi connectivity index (χ3v) is 7.89. The molecule has 0 bridgehead atoms. The molecule has 0 radical (unpaired) electrons. The molecule has 3 rings (SSSR count). The number of sulfonamides is 1. The number of likely N-dealkylation sites (tertiary alicyclic amines) is 1. The van der Waals surface area contributed by atoms with Gasteiger partial charge in [0.1, 0.15) is 0 Å². The second-order valence-electron chi connectivity index (χ2n) is 8.54. The Balaban J connectivity index is 1.54. The Kier molecular flexibility index (Phi) is 6.41. The monoisotopic (exact) mass is 378 g/mol. The van der Waals surface area contributed by atoms with Crippen molar-refractivity contribution in [1.82, 2.24) is 9.21 Å². The zero-order valence-corrected chi connectivity index (χ0v) is 17.4. The van der Waals surface area contributed by atoms with Gasteiger partial charge in [0.25, 0.3) is 0 Å². The van der Waals surface area contributed by atoms with Gasteiger partial charge in [-0.15, -0.1) is 0 Å². The lowest BCUT2D eigenvalue weighted by Crippen LogP contribution is -2.43. The van der Waals surface area contributed by atoms with Crippen molar-refractivity contribution in [2.24, 2.45) is 11.8 Å². The van der Waals surface area contributed by atoms with E-state index in [2.05, 4.69) is 11.8 Å². The lowest BCUT2D eigenvalue weighted by Gasteiger charge is -2.37. The Hall–Kier alpha value is -0.910. The first-order chi connectivity index (χ1) is 12.3. The molecule has 5 heteroatoms. The fourth-order valence-electron chi connectivity index (χ4n) is 4.43. The third-order valence-electron chi connectivity index (χ3n) is 6.07. The number of nitrogens with zero attached hydrogens (tertiary/aromatic N) is 2. The molecule has 0 amide bonds. The molecule has 0 spiro atoms. The van der Waals surface area contributed by atoms with E-state index >= 15 is 0 Å². The van der Waals surface area contributed by atoms with Crippen LogP contribution in [0.4, 0.5) is 0 Å². The van der Waals surface area contributed by atoms with Crippen molar-refractivity contribution < 1.29 is 8.42 Å². The Bertz CT molecular complexity index is 709. The lowest BCUT2D eigenvalue weighted by atomic mass is 9.94. The van der Waals surface area contributed by atoms with Crippen LogP contribution in [0.1, 0.15) is 49.3 Å². The highest BCUT2D eigenvalue weighted by molar-refractivity contribution is 7.88. The minimum Gasteiger partial charge on any atom is -0.303 e. The summed E-state index contributed by atoms with van der Waals surface area (Å²) in [6, 6.07) is 6.07. The standard InChI is InChI=1S/C21H34N2O2S/c1-17-6-7-19(3)21(13-17)16-26(24,25)23-11-8-20(9-12-23)15-22-10-4-5-18(2)14-22/h6-7,13,18,20H,4-5,8-12,14-16H2,1-3H3/t18-/m1/s1. The summed E-state index contributed by atoms with van der Waals surface area (Å²) >= 11 is 0. The van der Waals surface area contributed by atoms with Crippen LogP contribution in [-0.4, -0.2) is 50.3 Å². The smallest absolute Gasteiger partial charge is 0.218 e. The van der Waals surface area contributed by atoms with Crippen LogP contribution < -0.4 is 0 Å². The van der Waals surface area contributed by atoms with Gasteiger partial charge >= 0.3 is 0 Å². The van der Waals surface area contributed by atoms with Crippen LogP contribution in [0.2, 0.25) is 0 Å². The van der Waals surface area contributed by atoms with E-state index in [1.54, 1.807) is 4.31 Å². The van der Waals surface area contributed by atoms with Crippen molar-refractivity contribution >= 4 is 10.0 Å². The van der Waals surface area contributed by atoms with Gasteiger partial charge in [0.05, 0.1) is 5.75 Å². The van der Waals surface area contributed by atoms with E-state index in [1.807, 2.05) is 32.0 Å². The van der Waals surface area contributed by atoms with Gasteiger partial charge in [0.2, 0.25) is 10.0 Å². The maximum atomic E-state index is 12.9. The average Bonchev–Trinajstić information content (AvgIpc) is 2.58. The molecule has 1 aromatic carbocycles. The molecule has 2 fully saturated rings. The summed E-state index contributed by atoms with van der Waals surface area (Å²) in [6.45, 7) is 11.3. The zero-order valence-electron chi connectivity index (χ0n) is 16.6. The molecule has 2 aliphatic heterocycles. The largest absolute Gasteiger partial charge is 0.303 e. The summed E-state index contributed by atoms with van der Waals surface area (Å²) < 4.78 is 27.5. The second-order valence-corrected chi connectivity index (χ2v) is 10.5. The first-order valence-corrected chi connectivity index (χ1v) is 11.7. The number of hydrogen-bond acceptors (Lipinski definition) is 3. The molecule has 4 nitrogen and oxygen atoms in total. The van der Waals surface area contributed by atoms with Gasteiger partial charge in [0, 0.05) is 26.2 Å². The van der Waals surface area contributed by atoms with Crippen LogP contribution in [0.15, 0.2) is 18.2 Å². The molecule has 1 atom stereocenters. The van der Waals surface area contributed by atoms with Crippen LogP contribution in [0.25, 0.3) is 0 Å². The lowest BCUT2D eigenvalue weighted by molar-refractivity contribution is 0.136. The maximum absolute atomic E-state index is 12.9. The van der Waals surface area contributed by atoms with E-state index in [0.29, 0.717) is 19.0 Å². The molecular formula is C21H34N2O2S. The topological polar surface area (TPSA) is 40.6 Å². The van der Waals surface area contributed by atoms with Crippen molar-refractivity contribution in [3.63, 3.8) is 0 Å². The predicted molar refractivity (Wildman–Crippen MR) is 108 cm³/mol. The number of aryl methyl sites for hydroxylation is 2. The van der Waals surface area contributed by atoms with E-state index in [9.17, 15) is 8.42 Å². The van der Waals surface area contributed by atoms with E-state index in [0.717, 1.165) is 42.0 Å². The number of piperidine rings is 2. The highest BCUT2D eigenvalue weighted by Crippen LogP contribution is 2.25. The Labute approximate surface area is 159 Å². The second kappa shape index (κ2) is 8.41. The van der Waals surface area contributed by atoms with E-state index in [1.165, 1.54) is 25.9 Å².